The van der Waals surface area contributed by atoms with E-state index >= 15 is 0 Å². The lowest BCUT2D eigenvalue weighted by Crippen LogP contribution is -2.45. The zero-order valence-corrected chi connectivity index (χ0v) is 12.3. The molecule has 0 spiro atoms. The van der Waals surface area contributed by atoms with Crippen LogP contribution in [0.2, 0.25) is 0 Å². The Morgan fingerprint density at radius 3 is 3.06 bits per heavy atom. The van der Waals surface area contributed by atoms with Crippen LogP contribution in [0.3, 0.4) is 0 Å². The van der Waals surface area contributed by atoms with Crippen LogP contribution < -0.4 is 10.2 Å². The minimum Gasteiger partial charge on any atom is -0.369 e. The first kappa shape index (κ1) is 12.9. The summed E-state index contributed by atoms with van der Waals surface area (Å²) >= 11 is 3.71. The number of piperidine rings is 1. The summed E-state index contributed by atoms with van der Waals surface area (Å²) in [6, 6.07) is 7.15. The zero-order valence-electron chi connectivity index (χ0n) is 10.7. The minimum absolute atomic E-state index is 0.640. The maximum Gasteiger partial charge on any atom is 0.0513 e. The standard InChI is InChI=1S/C14H21BrN2/c1-3-16-12-7-5-9-17(10-12)13-8-4-6-11(2)14(13)15/h4,6,8,12,16H,3,5,7,9-10H2,1-2H3. The van der Waals surface area contributed by atoms with Gasteiger partial charge in [-0.15, -0.1) is 0 Å². The van der Waals surface area contributed by atoms with Crippen molar-refractivity contribution in [3.8, 4) is 0 Å². The van der Waals surface area contributed by atoms with Crippen molar-refractivity contribution in [2.24, 2.45) is 0 Å². The van der Waals surface area contributed by atoms with E-state index in [4.69, 9.17) is 0 Å². The third-order valence-electron chi connectivity index (χ3n) is 3.43. The van der Waals surface area contributed by atoms with Crippen molar-refractivity contribution in [3.05, 3.63) is 28.2 Å². The second kappa shape index (κ2) is 5.87. The maximum absolute atomic E-state index is 3.71. The molecule has 1 aliphatic heterocycles. The molecule has 0 aliphatic carbocycles. The van der Waals surface area contributed by atoms with Gasteiger partial charge in [0.2, 0.25) is 0 Å². The molecule has 1 saturated heterocycles. The highest BCUT2D eigenvalue weighted by molar-refractivity contribution is 9.10. The highest BCUT2D eigenvalue weighted by Gasteiger charge is 2.20. The topological polar surface area (TPSA) is 15.3 Å². The first-order chi connectivity index (χ1) is 8.22. The number of aryl methyl sites for hydroxylation is 1. The summed E-state index contributed by atoms with van der Waals surface area (Å²) in [5.41, 5.74) is 2.65. The maximum atomic E-state index is 3.71. The van der Waals surface area contributed by atoms with E-state index in [1.54, 1.807) is 0 Å². The lowest BCUT2D eigenvalue weighted by molar-refractivity contribution is 0.431. The first-order valence-corrected chi connectivity index (χ1v) is 7.25. The number of halogens is 1. The van der Waals surface area contributed by atoms with Gasteiger partial charge in [-0.3, -0.25) is 0 Å². The average Bonchev–Trinajstić information content (AvgIpc) is 2.33. The molecule has 0 amide bonds. The van der Waals surface area contributed by atoms with E-state index in [0.29, 0.717) is 6.04 Å². The minimum atomic E-state index is 0.640. The summed E-state index contributed by atoms with van der Waals surface area (Å²) in [6.07, 6.45) is 2.58. The molecule has 0 aromatic heterocycles. The van der Waals surface area contributed by atoms with Gasteiger partial charge in [-0.05, 0) is 53.9 Å². The molecule has 1 aromatic carbocycles. The smallest absolute Gasteiger partial charge is 0.0513 e. The predicted octanol–water partition coefficient (Wildman–Crippen LogP) is 3.34. The van der Waals surface area contributed by atoms with Crippen LogP contribution in [0.15, 0.2) is 22.7 Å². The van der Waals surface area contributed by atoms with E-state index in [1.165, 1.54) is 35.1 Å². The van der Waals surface area contributed by atoms with E-state index in [2.05, 4.69) is 58.2 Å². The second-order valence-corrected chi connectivity index (χ2v) is 5.54. The number of nitrogens with zero attached hydrogens (tertiary/aromatic N) is 1. The van der Waals surface area contributed by atoms with Gasteiger partial charge >= 0.3 is 0 Å². The molecule has 1 atom stereocenters. The van der Waals surface area contributed by atoms with Crippen LogP contribution in [0.1, 0.15) is 25.3 Å². The molecule has 17 heavy (non-hydrogen) atoms. The Bertz CT molecular complexity index is 376. The molecular weight excluding hydrogens is 276 g/mol. The number of benzene rings is 1. The van der Waals surface area contributed by atoms with Gasteiger partial charge in [-0.2, -0.15) is 0 Å². The fourth-order valence-electron chi connectivity index (χ4n) is 2.53. The lowest BCUT2D eigenvalue weighted by atomic mass is 10.0. The van der Waals surface area contributed by atoms with Gasteiger partial charge in [-0.25, -0.2) is 0 Å². The molecule has 1 aromatic rings. The predicted molar refractivity (Wildman–Crippen MR) is 77.8 cm³/mol. The van der Waals surface area contributed by atoms with Gasteiger partial charge in [0.05, 0.1) is 5.69 Å². The molecule has 0 bridgehead atoms. The Hall–Kier alpha value is -0.540. The molecule has 3 heteroatoms. The number of rotatable bonds is 3. The van der Waals surface area contributed by atoms with E-state index < -0.39 is 0 Å². The quantitative estimate of drug-likeness (QED) is 0.920. The molecule has 2 nitrogen and oxygen atoms in total. The molecule has 1 N–H and O–H groups in total. The fourth-order valence-corrected chi connectivity index (χ4v) is 3.04. The van der Waals surface area contributed by atoms with E-state index in [0.717, 1.165) is 13.1 Å². The molecule has 2 rings (SSSR count). The molecular formula is C14H21BrN2. The SMILES string of the molecule is CCNC1CCCN(c2cccc(C)c2Br)C1. The first-order valence-electron chi connectivity index (χ1n) is 6.45. The Kier molecular flexibility index (Phi) is 4.46. The molecule has 0 saturated carbocycles. The largest absolute Gasteiger partial charge is 0.369 e. The van der Waals surface area contributed by atoms with Crippen LogP contribution in [0, 0.1) is 6.92 Å². The summed E-state index contributed by atoms with van der Waals surface area (Å²) in [6.45, 7) is 7.69. The van der Waals surface area contributed by atoms with Crippen LogP contribution in [0.5, 0.6) is 0 Å². The zero-order chi connectivity index (χ0) is 12.3. The summed E-state index contributed by atoms with van der Waals surface area (Å²) in [5.74, 6) is 0. The van der Waals surface area contributed by atoms with Crippen molar-refractivity contribution < 1.29 is 0 Å². The fraction of sp³-hybridized carbons (Fsp3) is 0.571. The van der Waals surface area contributed by atoms with Crippen molar-refractivity contribution in [2.75, 3.05) is 24.5 Å². The van der Waals surface area contributed by atoms with Crippen molar-refractivity contribution >= 4 is 21.6 Å². The van der Waals surface area contributed by atoms with Crippen molar-refractivity contribution in [1.29, 1.82) is 0 Å². The highest BCUT2D eigenvalue weighted by atomic mass is 79.9. The molecule has 0 radical (unpaired) electrons. The number of hydrogen-bond donors (Lipinski definition) is 1. The number of likely N-dealkylation sites (N-methyl/N-ethyl adjacent to an activating group) is 1. The molecule has 1 unspecified atom stereocenters. The Balaban J connectivity index is 2.13. The summed E-state index contributed by atoms with van der Waals surface area (Å²) in [7, 11) is 0. The highest BCUT2D eigenvalue weighted by Crippen LogP contribution is 2.31. The summed E-state index contributed by atoms with van der Waals surface area (Å²) in [4.78, 5) is 2.49. The summed E-state index contributed by atoms with van der Waals surface area (Å²) < 4.78 is 1.25. The average molecular weight is 297 g/mol. The molecule has 1 fully saturated rings. The van der Waals surface area contributed by atoms with Gasteiger partial charge in [0.1, 0.15) is 0 Å². The number of hydrogen-bond acceptors (Lipinski definition) is 2. The molecule has 1 heterocycles. The Labute approximate surface area is 113 Å². The van der Waals surface area contributed by atoms with E-state index in [1.807, 2.05) is 0 Å². The van der Waals surface area contributed by atoms with Crippen LogP contribution in [0.4, 0.5) is 5.69 Å². The van der Waals surface area contributed by atoms with Crippen molar-refractivity contribution in [3.63, 3.8) is 0 Å². The Morgan fingerprint density at radius 2 is 2.29 bits per heavy atom. The number of anilines is 1. The van der Waals surface area contributed by atoms with Crippen molar-refractivity contribution in [2.45, 2.75) is 32.7 Å². The summed E-state index contributed by atoms with van der Waals surface area (Å²) in [5, 5.41) is 3.56. The van der Waals surface area contributed by atoms with Gasteiger partial charge < -0.3 is 10.2 Å². The van der Waals surface area contributed by atoms with Crippen molar-refractivity contribution in [1.82, 2.24) is 5.32 Å². The monoisotopic (exact) mass is 296 g/mol. The van der Waals surface area contributed by atoms with Crippen LogP contribution in [-0.2, 0) is 0 Å². The Morgan fingerprint density at radius 1 is 1.47 bits per heavy atom. The third-order valence-corrected chi connectivity index (χ3v) is 4.46. The van der Waals surface area contributed by atoms with Crippen LogP contribution in [0.25, 0.3) is 0 Å². The van der Waals surface area contributed by atoms with Gasteiger partial charge in [0.25, 0.3) is 0 Å². The normalized spacial score (nSPS) is 20.6. The van der Waals surface area contributed by atoms with Crippen LogP contribution >= 0.6 is 15.9 Å². The van der Waals surface area contributed by atoms with E-state index in [-0.39, 0.29) is 0 Å². The van der Waals surface area contributed by atoms with Gasteiger partial charge in [-0.1, -0.05) is 19.1 Å². The lowest BCUT2D eigenvalue weighted by Gasteiger charge is -2.35. The molecule has 94 valence electrons. The van der Waals surface area contributed by atoms with E-state index in [9.17, 15) is 0 Å². The third kappa shape index (κ3) is 3.02. The van der Waals surface area contributed by atoms with Gasteiger partial charge in [0, 0.05) is 23.6 Å². The van der Waals surface area contributed by atoms with Gasteiger partial charge in [0.15, 0.2) is 0 Å². The second-order valence-electron chi connectivity index (χ2n) is 4.75. The van der Waals surface area contributed by atoms with Crippen LogP contribution in [-0.4, -0.2) is 25.7 Å². The molecule has 1 aliphatic rings. The number of nitrogens with one attached hydrogen (secondary N) is 1.